The third-order valence-corrected chi connectivity index (χ3v) is 5.51. The number of furan rings is 1. The molecule has 6 nitrogen and oxygen atoms in total. The number of hydrazone groups is 1. The Morgan fingerprint density at radius 1 is 1.00 bits per heavy atom. The predicted octanol–water partition coefficient (Wildman–Crippen LogP) is 5.65. The van der Waals surface area contributed by atoms with Crippen LogP contribution in [0.5, 0.6) is 5.75 Å². The first-order valence-electron chi connectivity index (χ1n) is 10.8. The van der Waals surface area contributed by atoms with E-state index in [1.807, 2.05) is 37.3 Å². The third kappa shape index (κ3) is 4.90. The summed E-state index contributed by atoms with van der Waals surface area (Å²) in [6.45, 7) is 8.57. The van der Waals surface area contributed by atoms with Gasteiger partial charge in [0.15, 0.2) is 5.76 Å². The number of carbonyl (C=O) groups is 1. The van der Waals surface area contributed by atoms with Gasteiger partial charge in [-0.25, -0.2) is 5.43 Å². The molecule has 0 aliphatic rings. The van der Waals surface area contributed by atoms with Gasteiger partial charge in [-0.2, -0.15) is 5.10 Å². The van der Waals surface area contributed by atoms with E-state index in [2.05, 4.69) is 60.1 Å². The Labute approximate surface area is 193 Å². The number of nitrogens with one attached hydrogen (secondary N) is 1. The Balaban J connectivity index is 1.42. The summed E-state index contributed by atoms with van der Waals surface area (Å²) >= 11 is 0. The van der Waals surface area contributed by atoms with E-state index in [0.29, 0.717) is 5.76 Å². The Morgan fingerprint density at radius 2 is 1.73 bits per heavy atom. The fourth-order valence-electron chi connectivity index (χ4n) is 3.89. The molecule has 4 rings (SSSR count). The van der Waals surface area contributed by atoms with Crippen molar-refractivity contribution >= 4 is 12.1 Å². The Bertz CT molecular complexity index is 1280. The minimum atomic E-state index is -0.416. The van der Waals surface area contributed by atoms with Crippen molar-refractivity contribution in [1.29, 1.82) is 0 Å². The topological polar surface area (TPSA) is 68.8 Å². The molecule has 1 N–H and O–H groups in total. The van der Waals surface area contributed by atoms with Crippen LogP contribution in [0.3, 0.4) is 0 Å². The summed E-state index contributed by atoms with van der Waals surface area (Å²) in [6, 6.07) is 21.1. The Hall–Kier alpha value is -4.06. The van der Waals surface area contributed by atoms with Crippen LogP contribution in [0, 0.1) is 27.7 Å². The van der Waals surface area contributed by atoms with Crippen LogP contribution in [0.2, 0.25) is 0 Å². The Kier molecular flexibility index (Phi) is 6.45. The second kappa shape index (κ2) is 9.61. The smallest absolute Gasteiger partial charge is 0.307 e. The highest BCUT2D eigenvalue weighted by molar-refractivity contribution is 5.92. The van der Waals surface area contributed by atoms with Crippen molar-refractivity contribution in [3.05, 3.63) is 106 Å². The van der Waals surface area contributed by atoms with Crippen LogP contribution in [-0.2, 0) is 6.61 Å². The van der Waals surface area contributed by atoms with Crippen LogP contribution < -0.4 is 10.2 Å². The number of hydrogen-bond donors (Lipinski definition) is 1. The second-order valence-corrected chi connectivity index (χ2v) is 7.97. The van der Waals surface area contributed by atoms with Gasteiger partial charge in [0.2, 0.25) is 0 Å². The van der Waals surface area contributed by atoms with Crippen LogP contribution in [-0.4, -0.2) is 16.7 Å². The van der Waals surface area contributed by atoms with Gasteiger partial charge in [0, 0.05) is 17.0 Å². The van der Waals surface area contributed by atoms with Gasteiger partial charge >= 0.3 is 5.91 Å². The molecule has 0 aliphatic heterocycles. The highest BCUT2D eigenvalue weighted by atomic mass is 16.5. The number of aromatic nitrogens is 1. The minimum absolute atomic E-state index is 0.180. The number of hydrogen-bond acceptors (Lipinski definition) is 4. The number of ether oxygens (including phenoxy) is 1. The van der Waals surface area contributed by atoms with Crippen molar-refractivity contribution < 1.29 is 13.9 Å². The van der Waals surface area contributed by atoms with Crippen molar-refractivity contribution in [3.63, 3.8) is 0 Å². The van der Waals surface area contributed by atoms with E-state index in [1.165, 1.54) is 16.8 Å². The van der Waals surface area contributed by atoms with Gasteiger partial charge in [0.1, 0.15) is 18.1 Å². The number of rotatable bonds is 7. The SMILES string of the molecule is Cc1cccc(C)c1-n1c(C)cc(/C=N/NC(=O)c2ccc(COc3ccccc3)o2)c1C. The van der Waals surface area contributed by atoms with Crippen LogP contribution in [0.15, 0.2) is 76.2 Å². The molecular formula is C27H27N3O3. The van der Waals surface area contributed by atoms with E-state index in [9.17, 15) is 4.79 Å². The van der Waals surface area contributed by atoms with Crippen LogP contribution in [0.4, 0.5) is 0 Å². The molecule has 4 aromatic rings. The maximum absolute atomic E-state index is 12.4. The molecule has 2 aromatic heterocycles. The minimum Gasteiger partial charge on any atom is -0.486 e. The summed E-state index contributed by atoms with van der Waals surface area (Å²) in [4.78, 5) is 12.4. The van der Waals surface area contributed by atoms with E-state index in [0.717, 1.165) is 22.7 Å². The van der Waals surface area contributed by atoms with Gasteiger partial charge in [-0.1, -0.05) is 36.4 Å². The van der Waals surface area contributed by atoms with Crippen molar-refractivity contribution in [2.24, 2.45) is 5.10 Å². The zero-order chi connectivity index (χ0) is 23.4. The zero-order valence-corrected chi connectivity index (χ0v) is 19.3. The maximum atomic E-state index is 12.4. The molecule has 0 saturated carbocycles. The average molecular weight is 442 g/mol. The summed E-state index contributed by atoms with van der Waals surface area (Å²) in [7, 11) is 0. The zero-order valence-electron chi connectivity index (χ0n) is 19.3. The van der Waals surface area contributed by atoms with Crippen molar-refractivity contribution in [3.8, 4) is 11.4 Å². The lowest BCUT2D eigenvalue weighted by Crippen LogP contribution is -2.16. The fraction of sp³-hybridized carbons (Fsp3) is 0.185. The van der Waals surface area contributed by atoms with Crippen LogP contribution in [0.1, 0.15) is 44.4 Å². The molecule has 168 valence electrons. The molecule has 0 atom stereocenters. The van der Waals surface area contributed by atoms with Gasteiger partial charge in [-0.05, 0) is 69.2 Å². The number of nitrogens with zero attached hydrogens (tertiary/aromatic N) is 2. The molecule has 0 unspecified atom stereocenters. The normalized spacial score (nSPS) is 11.2. The number of carbonyl (C=O) groups excluding carboxylic acids is 1. The lowest BCUT2D eigenvalue weighted by molar-refractivity contribution is 0.0923. The molecule has 6 heteroatoms. The third-order valence-electron chi connectivity index (χ3n) is 5.51. The predicted molar refractivity (Wildman–Crippen MR) is 129 cm³/mol. The van der Waals surface area contributed by atoms with Gasteiger partial charge in [0.05, 0.1) is 11.9 Å². The quantitative estimate of drug-likeness (QED) is 0.298. The van der Waals surface area contributed by atoms with Crippen molar-refractivity contribution in [2.45, 2.75) is 34.3 Å². The number of aryl methyl sites for hydroxylation is 3. The molecule has 0 spiro atoms. The van der Waals surface area contributed by atoms with E-state index in [4.69, 9.17) is 9.15 Å². The van der Waals surface area contributed by atoms with E-state index in [-0.39, 0.29) is 12.4 Å². The number of benzene rings is 2. The van der Waals surface area contributed by atoms with Crippen LogP contribution in [0.25, 0.3) is 5.69 Å². The second-order valence-electron chi connectivity index (χ2n) is 7.97. The molecular weight excluding hydrogens is 414 g/mol. The summed E-state index contributed by atoms with van der Waals surface area (Å²) < 4.78 is 13.5. The van der Waals surface area contributed by atoms with Crippen LogP contribution >= 0.6 is 0 Å². The van der Waals surface area contributed by atoms with E-state index >= 15 is 0 Å². The first-order chi connectivity index (χ1) is 15.9. The molecule has 2 aromatic carbocycles. The summed E-state index contributed by atoms with van der Waals surface area (Å²) in [6.07, 6.45) is 1.66. The lowest BCUT2D eigenvalue weighted by Gasteiger charge is -2.15. The lowest BCUT2D eigenvalue weighted by atomic mass is 10.1. The van der Waals surface area contributed by atoms with Crippen molar-refractivity contribution in [2.75, 3.05) is 0 Å². The largest absolute Gasteiger partial charge is 0.486 e. The average Bonchev–Trinajstić information content (AvgIpc) is 3.38. The van der Waals surface area contributed by atoms with E-state index in [1.54, 1.807) is 18.3 Å². The van der Waals surface area contributed by atoms with E-state index < -0.39 is 5.91 Å². The highest BCUT2D eigenvalue weighted by Crippen LogP contribution is 2.25. The van der Waals surface area contributed by atoms with Crippen molar-refractivity contribution in [1.82, 2.24) is 9.99 Å². The molecule has 0 bridgehead atoms. The van der Waals surface area contributed by atoms with Gasteiger partial charge < -0.3 is 13.7 Å². The number of amides is 1. The first-order valence-corrected chi connectivity index (χ1v) is 10.8. The molecule has 0 aliphatic carbocycles. The maximum Gasteiger partial charge on any atom is 0.307 e. The molecule has 0 saturated heterocycles. The summed E-state index contributed by atoms with van der Waals surface area (Å²) in [5.74, 6) is 1.06. The molecule has 0 fully saturated rings. The van der Waals surface area contributed by atoms with Gasteiger partial charge in [-0.3, -0.25) is 4.79 Å². The Morgan fingerprint density at radius 3 is 2.45 bits per heavy atom. The molecule has 1 amide bonds. The standard InChI is InChI=1S/C27H27N3O3/c1-18-9-8-10-19(2)26(18)30-20(3)15-22(21(30)4)16-28-29-27(31)25-14-13-24(33-25)17-32-23-11-6-5-7-12-23/h5-16H,17H2,1-4H3,(H,29,31)/b28-16+. The first kappa shape index (κ1) is 22.1. The molecule has 33 heavy (non-hydrogen) atoms. The monoisotopic (exact) mass is 441 g/mol. The highest BCUT2D eigenvalue weighted by Gasteiger charge is 2.14. The summed E-state index contributed by atoms with van der Waals surface area (Å²) in [5.41, 5.74) is 9.23. The van der Waals surface area contributed by atoms with Gasteiger partial charge in [-0.15, -0.1) is 0 Å². The molecule has 0 radical (unpaired) electrons. The summed E-state index contributed by atoms with van der Waals surface area (Å²) in [5, 5.41) is 4.15. The van der Waals surface area contributed by atoms with Gasteiger partial charge in [0.25, 0.3) is 0 Å². The number of para-hydroxylation sites is 2. The molecule has 2 heterocycles. The fourth-order valence-corrected chi connectivity index (χ4v) is 3.89.